The fraction of sp³-hybridized carbons (Fsp3) is 1.00. The van der Waals surface area contributed by atoms with Crippen molar-refractivity contribution in [3.05, 3.63) is 0 Å². The molecule has 3 unspecified atom stereocenters. The monoisotopic (exact) mass is 198 g/mol. The molecule has 0 fully saturated rings. The molecule has 0 heteroatoms. The summed E-state index contributed by atoms with van der Waals surface area (Å²) in [6.45, 7) is 14.2. The molecule has 0 saturated carbocycles. The van der Waals surface area contributed by atoms with Gasteiger partial charge in [-0.05, 0) is 30.1 Å². The molecule has 0 aromatic rings. The fourth-order valence-corrected chi connectivity index (χ4v) is 2.09. The van der Waals surface area contributed by atoms with E-state index < -0.39 is 0 Å². The Bertz CT molecular complexity index is 126. The largest absolute Gasteiger partial charge is 0.0651 e. The highest BCUT2D eigenvalue weighted by Gasteiger charge is 2.18. The normalized spacial score (nSPS) is 18.2. The highest BCUT2D eigenvalue weighted by Crippen LogP contribution is 2.28. The molecule has 0 N–H and O–H groups in total. The Kier molecular flexibility index (Phi) is 7.31. The zero-order valence-electron chi connectivity index (χ0n) is 11.1. The topological polar surface area (TPSA) is 0 Å². The highest BCUT2D eigenvalue weighted by molar-refractivity contribution is 4.69. The summed E-state index contributed by atoms with van der Waals surface area (Å²) in [5.74, 6) is 3.60. The number of hydrogen-bond acceptors (Lipinski definition) is 0. The smallest absolute Gasteiger partial charge is 0.0389 e. The minimum absolute atomic E-state index is 0.844. The fourth-order valence-electron chi connectivity index (χ4n) is 2.09. The second kappa shape index (κ2) is 7.31. The van der Waals surface area contributed by atoms with Gasteiger partial charge in [-0.1, -0.05) is 60.8 Å². The van der Waals surface area contributed by atoms with Crippen LogP contribution in [0.1, 0.15) is 67.2 Å². The van der Waals surface area contributed by atoms with Gasteiger partial charge < -0.3 is 0 Å². The van der Waals surface area contributed by atoms with Crippen molar-refractivity contribution in [1.29, 1.82) is 0 Å². The second-order valence-corrected chi connectivity index (χ2v) is 5.36. The molecule has 0 nitrogen and oxygen atoms in total. The SMILES string of the molecule is CCC(C)CCC(CC)C(C)C(C)C. The number of rotatable bonds is 7. The summed E-state index contributed by atoms with van der Waals surface area (Å²) in [6.07, 6.45) is 5.55. The van der Waals surface area contributed by atoms with Crippen LogP contribution in [0.15, 0.2) is 0 Å². The first-order valence-corrected chi connectivity index (χ1v) is 6.52. The van der Waals surface area contributed by atoms with Crippen molar-refractivity contribution in [3.8, 4) is 0 Å². The average molecular weight is 198 g/mol. The maximum absolute atomic E-state index is 2.43. The first-order valence-electron chi connectivity index (χ1n) is 6.52. The van der Waals surface area contributed by atoms with E-state index in [-0.39, 0.29) is 0 Å². The molecule has 0 amide bonds. The third-order valence-electron chi connectivity index (χ3n) is 4.05. The van der Waals surface area contributed by atoms with E-state index in [4.69, 9.17) is 0 Å². The Morgan fingerprint density at radius 1 is 0.786 bits per heavy atom. The molecule has 3 atom stereocenters. The summed E-state index contributed by atoms with van der Waals surface area (Å²) in [5, 5.41) is 0. The summed E-state index contributed by atoms with van der Waals surface area (Å²) >= 11 is 0. The third kappa shape index (κ3) is 5.02. The van der Waals surface area contributed by atoms with Gasteiger partial charge in [-0.25, -0.2) is 0 Å². The van der Waals surface area contributed by atoms with Crippen LogP contribution in [0.25, 0.3) is 0 Å². The highest BCUT2D eigenvalue weighted by atomic mass is 14.2. The maximum atomic E-state index is 2.43. The van der Waals surface area contributed by atoms with Gasteiger partial charge in [0.15, 0.2) is 0 Å². The quantitative estimate of drug-likeness (QED) is 0.532. The van der Waals surface area contributed by atoms with Crippen LogP contribution in [0.5, 0.6) is 0 Å². The van der Waals surface area contributed by atoms with Gasteiger partial charge in [-0.15, -0.1) is 0 Å². The van der Waals surface area contributed by atoms with Crippen molar-refractivity contribution in [2.24, 2.45) is 23.7 Å². The lowest BCUT2D eigenvalue weighted by molar-refractivity contribution is 0.239. The van der Waals surface area contributed by atoms with Gasteiger partial charge in [-0.2, -0.15) is 0 Å². The van der Waals surface area contributed by atoms with Gasteiger partial charge in [-0.3, -0.25) is 0 Å². The lowest BCUT2D eigenvalue weighted by Gasteiger charge is -2.26. The van der Waals surface area contributed by atoms with Crippen molar-refractivity contribution in [3.63, 3.8) is 0 Å². The second-order valence-electron chi connectivity index (χ2n) is 5.36. The zero-order chi connectivity index (χ0) is 11.1. The molecule has 0 aliphatic heterocycles. The van der Waals surface area contributed by atoms with E-state index in [9.17, 15) is 0 Å². The third-order valence-corrected chi connectivity index (χ3v) is 4.05. The molecule has 0 aromatic heterocycles. The van der Waals surface area contributed by atoms with Crippen LogP contribution in [0.4, 0.5) is 0 Å². The van der Waals surface area contributed by atoms with Crippen LogP contribution in [-0.4, -0.2) is 0 Å². The van der Waals surface area contributed by atoms with E-state index in [0.717, 1.165) is 23.7 Å². The van der Waals surface area contributed by atoms with Crippen LogP contribution in [-0.2, 0) is 0 Å². The molecule has 14 heavy (non-hydrogen) atoms. The number of hydrogen-bond donors (Lipinski definition) is 0. The summed E-state index contributed by atoms with van der Waals surface area (Å²) in [5.41, 5.74) is 0. The van der Waals surface area contributed by atoms with Crippen molar-refractivity contribution in [2.75, 3.05) is 0 Å². The Balaban J connectivity index is 3.90. The first kappa shape index (κ1) is 14.0. The average Bonchev–Trinajstić information content (AvgIpc) is 2.17. The molecule has 0 aliphatic carbocycles. The molecule has 0 aromatic carbocycles. The standard InChI is InChI=1S/C14H30/c1-7-12(5)9-10-14(8-2)13(6)11(3)4/h11-14H,7-10H2,1-6H3. The Morgan fingerprint density at radius 2 is 1.36 bits per heavy atom. The van der Waals surface area contributed by atoms with E-state index in [1.54, 1.807) is 0 Å². The summed E-state index contributed by atoms with van der Waals surface area (Å²) < 4.78 is 0. The Morgan fingerprint density at radius 3 is 1.71 bits per heavy atom. The molecule has 0 rings (SSSR count). The van der Waals surface area contributed by atoms with E-state index in [1.165, 1.54) is 25.7 Å². The van der Waals surface area contributed by atoms with Gasteiger partial charge in [0, 0.05) is 0 Å². The van der Waals surface area contributed by atoms with Gasteiger partial charge >= 0.3 is 0 Å². The predicted molar refractivity (Wildman–Crippen MR) is 66.5 cm³/mol. The Labute approximate surface area is 91.5 Å². The van der Waals surface area contributed by atoms with Crippen LogP contribution in [0, 0.1) is 23.7 Å². The first-order chi connectivity index (χ1) is 6.52. The summed E-state index contributed by atoms with van der Waals surface area (Å²) in [7, 11) is 0. The molecule has 0 aliphatic rings. The van der Waals surface area contributed by atoms with Gasteiger partial charge in [0.25, 0.3) is 0 Å². The molecule has 0 saturated heterocycles. The molecule has 0 radical (unpaired) electrons. The van der Waals surface area contributed by atoms with Crippen LogP contribution >= 0.6 is 0 Å². The Hall–Kier alpha value is 0. The molecule has 0 bridgehead atoms. The molecular weight excluding hydrogens is 168 g/mol. The van der Waals surface area contributed by atoms with E-state index in [0.29, 0.717) is 0 Å². The summed E-state index contributed by atoms with van der Waals surface area (Å²) in [6, 6.07) is 0. The van der Waals surface area contributed by atoms with Crippen LogP contribution in [0.3, 0.4) is 0 Å². The van der Waals surface area contributed by atoms with Crippen molar-refractivity contribution < 1.29 is 0 Å². The molecule has 0 spiro atoms. The van der Waals surface area contributed by atoms with Gasteiger partial charge in [0.2, 0.25) is 0 Å². The van der Waals surface area contributed by atoms with Crippen molar-refractivity contribution >= 4 is 0 Å². The van der Waals surface area contributed by atoms with E-state index in [1.807, 2.05) is 0 Å². The molecule has 0 heterocycles. The lowest BCUT2D eigenvalue weighted by atomic mass is 9.79. The predicted octanol–water partition coefficient (Wildman–Crippen LogP) is 5.13. The van der Waals surface area contributed by atoms with Gasteiger partial charge in [0.1, 0.15) is 0 Å². The molecule has 86 valence electrons. The zero-order valence-corrected chi connectivity index (χ0v) is 11.1. The lowest BCUT2D eigenvalue weighted by Crippen LogP contribution is -2.17. The van der Waals surface area contributed by atoms with Crippen LogP contribution < -0.4 is 0 Å². The van der Waals surface area contributed by atoms with E-state index >= 15 is 0 Å². The van der Waals surface area contributed by atoms with Crippen molar-refractivity contribution in [1.82, 2.24) is 0 Å². The minimum atomic E-state index is 0.844. The van der Waals surface area contributed by atoms with Crippen molar-refractivity contribution in [2.45, 2.75) is 67.2 Å². The minimum Gasteiger partial charge on any atom is -0.0651 e. The van der Waals surface area contributed by atoms with Gasteiger partial charge in [0.05, 0.1) is 0 Å². The van der Waals surface area contributed by atoms with E-state index in [2.05, 4.69) is 41.5 Å². The van der Waals surface area contributed by atoms with Crippen LogP contribution in [0.2, 0.25) is 0 Å². The summed E-state index contributed by atoms with van der Waals surface area (Å²) in [4.78, 5) is 0. The molecular formula is C14H30. The maximum Gasteiger partial charge on any atom is -0.0389 e.